The van der Waals surface area contributed by atoms with Gasteiger partial charge in [0.15, 0.2) is 12.4 Å². The molecule has 10 heteroatoms. The largest absolute Gasteiger partial charge is 0.494 e. The van der Waals surface area contributed by atoms with Crippen molar-refractivity contribution in [3.63, 3.8) is 0 Å². The number of benzene rings is 4. The van der Waals surface area contributed by atoms with Crippen molar-refractivity contribution in [2.24, 2.45) is 5.92 Å². The normalized spacial score (nSPS) is 20.2. The third-order valence-electron chi connectivity index (χ3n) is 9.19. The molecule has 1 aliphatic rings. The highest BCUT2D eigenvalue weighted by molar-refractivity contribution is 9.10. The summed E-state index contributed by atoms with van der Waals surface area (Å²) >= 11 is 11.0. The van der Waals surface area contributed by atoms with Crippen LogP contribution in [0.1, 0.15) is 61.1 Å². The fourth-order valence-electron chi connectivity index (χ4n) is 6.32. The van der Waals surface area contributed by atoms with Crippen LogP contribution in [0.2, 0.25) is 5.02 Å². The van der Waals surface area contributed by atoms with Gasteiger partial charge in [0, 0.05) is 18.5 Å². The van der Waals surface area contributed by atoms with Crippen molar-refractivity contribution in [2.75, 3.05) is 27.4 Å². The highest BCUT2D eigenvalue weighted by Crippen LogP contribution is 2.47. The molecule has 0 bridgehead atoms. The van der Waals surface area contributed by atoms with E-state index in [-0.39, 0.29) is 30.6 Å². The molecule has 0 radical (unpaired) electrons. The van der Waals surface area contributed by atoms with Crippen molar-refractivity contribution < 1.29 is 33.3 Å². The molecule has 1 heterocycles. The second-order valence-electron chi connectivity index (χ2n) is 12.6. The van der Waals surface area contributed by atoms with E-state index in [1.807, 2.05) is 79.7 Å². The lowest BCUT2D eigenvalue weighted by molar-refractivity contribution is -0.235. The van der Waals surface area contributed by atoms with E-state index in [1.54, 1.807) is 0 Å². The van der Waals surface area contributed by atoms with E-state index >= 15 is 0 Å². The minimum atomic E-state index is -0.568. The lowest BCUT2D eigenvalue weighted by Gasteiger charge is -2.46. The van der Waals surface area contributed by atoms with Gasteiger partial charge in [0.05, 0.1) is 48.6 Å². The monoisotopic (exact) mass is 779 g/mol. The highest BCUT2D eigenvalue weighted by atomic mass is 79.9. The molecule has 1 amide bonds. The van der Waals surface area contributed by atoms with Crippen LogP contribution in [0.3, 0.4) is 0 Å². The minimum absolute atomic E-state index is 0.0306. The van der Waals surface area contributed by atoms with Crippen molar-refractivity contribution in [1.82, 2.24) is 5.06 Å². The molecule has 4 aromatic carbocycles. The second kappa shape index (κ2) is 18.9. The Labute approximate surface area is 315 Å². The fraction of sp³-hybridized carbons (Fsp3) is 0.390. The summed E-state index contributed by atoms with van der Waals surface area (Å²) in [7, 11) is 2.95. The molecule has 5 atom stereocenters. The number of hydroxylamine groups is 2. The number of nitrogens with zero attached hydrogens (tertiary/aromatic N) is 1. The van der Waals surface area contributed by atoms with Crippen LogP contribution in [0.5, 0.6) is 11.5 Å². The van der Waals surface area contributed by atoms with Gasteiger partial charge in [0.25, 0.3) is 5.91 Å². The number of ether oxygens (including phenoxy) is 5. The van der Waals surface area contributed by atoms with E-state index in [0.717, 1.165) is 45.1 Å². The Morgan fingerprint density at radius 3 is 2.04 bits per heavy atom. The lowest BCUT2D eigenvalue weighted by Crippen LogP contribution is -2.51. The molecule has 0 aliphatic carbocycles. The average molecular weight is 781 g/mol. The number of rotatable bonds is 16. The first-order valence-corrected chi connectivity index (χ1v) is 18.5. The topological polar surface area (TPSA) is 75.7 Å². The molecule has 0 N–H and O–H groups in total. The molecule has 272 valence electrons. The Morgan fingerprint density at radius 1 is 0.863 bits per heavy atom. The molecular formula is C41H47BrClNO7. The summed E-state index contributed by atoms with van der Waals surface area (Å²) in [6.07, 6.45) is -0.225. The number of carbonyl (C=O) groups excluding carboxylic acids is 1. The SMILES string of the molecule is CCOc1ccc(Cc2cc(C3O[C@H](CC)[C@@H](C)[C@H](OCc4ccccc4)[C@H]3OCc3ccccc3)c(Br)c(OCC(=O)N(C)OC)c2Cl)cc1. The molecule has 0 spiro atoms. The van der Waals surface area contributed by atoms with E-state index in [9.17, 15) is 4.79 Å². The summed E-state index contributed by atoms with van der Waals surface area (Å²) in [5, 5.41) is 1.51. The summed E-state index contributed by atoms with van der Waals surface area (Å²) in [4.78, 5) is 17.9. The van der Waals surface area contributed by atoms with Gasteiger partial charge in [0.1, 0.15) is 18.0 Å². The predicted octanol–water partition coefficient (Wildman–Crippen LogP) is 9.15. The zero-order chi connectivity index (χ0) is 36.3. The van der Waals surface area contributed by atoms with Gasteiger partial charge in [-0.1, -0.05) is 98.2 Å². The zero-order valence-corrected chi connectivity index (χ0v) is 32.2. The van der Waals surface area contributed by atoms with Crippen LogP contribution in [0.25, 0.3) is 0 Å². The van der Waals surface area contributed by atoms with Crippen LogP contribution in [0.4, 0.5) is 0 Å². The Balaban J connectivity index is 1.58. The van der Waals surface area contributed by atoms with E-state index < -0.39 is 12.2 Å². The van der Waals surface area contributed by atoms with Gasteiger partial charge >= 0.3 is 0 Å². The molecule has 0 saturated carbocycles. The summed E-state index contributed by atoms with van der Waals surface area (Å²) in [6, 6.07) is 30.2. The fourth-order valence-corrected chi connectivity index (χ4v) is 7.36. The molecule has 1 saturated heterocycles. The summed E-state index contributed by atoms with van der Waals surface area (Å²) in [5.74, 6) is 0.796. The molecular weight excluding hydrogens is 734 g/mol. The van der Waals surface area contributed by atoms with Crippen LogP contribution in [-0.2, 0) is 43.5 Å². The number of carbonyl (C=O) groups is 1. The maximum atomic E-state index is 12.8. The molecule has 0 aromatic heterocycles. The van der Waals surface area contributed by atoms with Crippen molar-refractivity contribution in [1.29, 1.82) is 0 Å². The van der Waals surface area contributed by atoms with Crippen LogP contribution in [0, 0.1) is 5.92 Å². The van der Waals surface area contributed by atoms with E-state index in [1.165, 1.54) is 14.2 Å². The number of hydrogen-bond donors (Lipinski definition) is 0. The van der Waals surface area contributed by atoms with Crippen LogP contribution in [0.15, 0.2) is 95.5 Å². The predicted molar refractivity (Wildman–Crippen MR) is 202 cm³/mol. The van der Waals surface area contributed by atoms with E-state index in [0.29, 0.717) is 41.5 Å². The molecule has 51 heavy (non-hydrogen) atoms. The number of halogens is 2. The third-order valence-corrected chi connectivity index (χ3v) is 10.4. The smallest absolute Gasteiger partial charge is 0.283 e. The maximum absolute atomic E-state index is 12.8. The van der Waals surface area contributed by atoms with Crippen molar-refractivity contribution in [3.8, 4) is 11.5 Å². The average Bonchev–Trinajstić information content (AvgIpc) is 3.16. The maximum Gasteiger partial charge on any atom is 0.283 e. The summed E-state index contributed by atoms with van der Waals surface area (Å²) in [5.41, 5.74) is 4.74. The van der Waals surface area contributed by atoms with Gasteiger partial charge in [-0.3, -0.25) is 9.63 Å². The third kappa shape index (κ3) is 9.92. The second-order valence-corrected chi connectivity index (χ2v) is 13.8. The minimum Gasteiger partial charge on any atom is -0.494 e. The Hall–Kier alpha value is -3.44. The van der Waals surface area contributed by atoms with Gasteiger partial charge in [-0.15, -0.1) is 0 Å². The first kappa shape index (κ1) is 38.8. The molecule has 8 nitrogen and oxygen atoms in total. The number of likely N-dealkylation sites (N-methyl/N-ethyl adjacent to an activating group) is 1. The molecule has 1 fully saturated rings. The van der Waals surface area contributed by atoms with Crippen molar-refractivity contribution in [3.05, 3.63) is 128 Å². The Morgan fingerprint density at radius 2 is 1.47 bits per heavy atom. The van der Waals surface area contributed by atoms with Crippen LogP contribution in [-0.4, -0.2) is 56.7 Å². The van der Waals surface area contributed by atoms with Gasteiger partial charge in [-0.2, -0.15) is 0 Å². The van der Waals surface area contributed by atoms with E-state index in [4.69, 9.17) is 40.1 Å². The first-order chi connectivity index (χ1) is 24.7. The van der Waals surface area contributed by atoms with Crippen molar-refractivity contribution in [2.45, 2.75) is 71.2 Å². The molecule has 5 rings (SSSR count). The van der Waals surface area contributed by atoms with Gasteiger partial charge in [-0.25, -0.2) is 5.06 Å². The molecule has 4 aromatic rings. The Bertz CT molecular complexity index is 1690. The van der Waals surface area contributed by atoms with Gasteiger partial charge < -0.3 is 23.7 Å². The van der Waals surface area contributed by atoms with Gasteiger partial charge in [-0.05, 0) is 76.1 Å². The summed E-state index contributed by atoms with van der Waals surface area (Å²) < 4.78 is 33.0. The quantitative estimate of drug-likeness (QED) is 0.105. The summed E-state index contributed by atoms with van der Waals surface area (Å²) in [6.45, 7) is 7.34. The highest BCUT2D eigenvalue weighted by Gasteiger charge is 2.46. The molecule has 1 aliphatic heterocycles. The Kier molecular flexibility index (Phi) is 14.4. The van der Waals surface area contributed by atoms with E-state index in [2.05, 4.69) is 48.0 Å². The standard InChI is InChI=1S/C41H47BrClNO7/c1-6-34-27(3)38(48-24-29-14-10-8-11-15-29)41(49-25-30-16-12-9-13-17-30)39(51-34)33-23-31(22-28-18-20-32(21-19-28)47-7-2)37(43)40(36(33)42)50-26-35(45)44(4)46-5/h8-21,23,27,34,38-39,41H,6-7,22,24-26H2,1-5H3/t27-,34-,38+,39?,41-/m1/s1. The molecule has 1 unspecified atom stereocenters. The van der Waals surface area contributed by atoms with Gasteiger partial charge in [0.2, 0.25) is 0 Å². The first-order valence-electron chi connectivity index (χ1n) is 17.4. The van der Waals surface area contributed by atoms with Crippen LogP contribution < -0.4 is 9.47 Å². The number of amides is 1. The number of hydrogen-bond acceptors (Lipinski definition) is 7. The lowest BCUT2D eigenvalue weighted by atomic mass is 9.83. The zero-order valence-electron chi connectivity index (χ0n) is 29.9. The van der Waals surface area contributed by atoms with Crippen LogP contribution >= 0.6 is 27.5 Å². The van der Waals surface area contributed by atoms with Crippen molar-refractivity contribution >= 4 is 33.4 Å².